The van der Waals surface area contributed by atoms with Crippen molar-refractivity contribution in [3.05, 3.63) is 16.1 Å². The topological polar surface area (TPSA) is 71.1 Å². The number of nitrogens with zero attached hydrogens (tertiary/aromatic N) is 1. The van der Waals surface area contributed by atoms with Crippen LogP contribution in [0.25, 0.3) is 0 Å². The van der Waals surface area contributed by atoms with E-state index in [4.69, 9.17) is 0 Å². The Balaban J connectivity index is 1.65. The van der Waals surface area contributed by atoms with Crippen molar-refractivity contribution in [3.63, 3.8) is 0 Å². The van der Waals surface area contributed by atoms with Crippen LogP contribution in [0.3, 0.4) is 0 Å². The van der Waals surface area contributed by atoms with Gasteiger partial charge in [0.1, 0.15) is 4.88 Å². The molecule has 1 aliphatic rings. The fourth-order valence-corrected chi connectivity index (χ4v) is 3.19. The molecule has 110 valence electrons. The quantitative estimate of drug-likeness (QED) is 0.815. The summed E-state index contributed by atoms with van der Waals surface area (Å²) in [4.78, 5) is 28.4. The van der Waals surface area contributed by atoms with Gasteiger partial charge in [-0.1, -0.05) is 19.3 Å². The number of aryl methyl sites for hydroxylation is 1. The molecule has 6 heteroatoms. The highest BCUT2D eigenvalue weighted by molar-refractivity contribution is 7.11. The minimum atomic E-state index is -0.114. The summed E-state index contributed by atoms with van der Waals surface area (Å²) in [5, 5.41) is 5.70. The van der Waals surface area contributed by atoms with E-state index in [0.717, 1.165) is 31.4 Å². The third-order valence-corrected chi connectivity index (χ3v) is 4.56. The molecule has 1 saturated carbocycles. The molecule has 0 atom stereocenters. The molecule has 5 nitrogen and oxygen atoms in total. The zero-order chi connectivity index (χ0) is 14.4. The second-order valence-corrected chi connectivity index (χ2v) is 6.00. The zero-order valence-corrected chi connectivity index (χ0v) is 12.6. The lowest BCUT2D eigenvalue weighted by atomic mass is 9.89. The molecule has 0 aliphatic heterocycles. The Labute approximate surface area is 123 Å². The minimum Gasteiger partial charge on any atom is -0.354 e. The smallest absolute Gasteiger partial charge is 0.263 e. The molecule has 2 amide bonds. The lowest BCUT2D eigenvalue weighted by Gasteiger charge is -2.20. The molecule has 20 heavy (non-hydrogen) atoms. The van der Waals surface area contributed by atoms with Crippen molar-refractivity contribution in [2.24, 2.45) is 5.92 Å². The summed E-state index contributed by atoms with van der Waals surface area (Å²) in [6.07, 6.45) is 5.55. The normalized spacial score (nSPS) is 15.8. The molecule has 0 aromatic carbocycles. The van der Waals surface area contributed by atoms with Crippen LogP contribution in [-0.4, -0.2) is 29.9 Å². The van der Waals surface area contributed by atoms with Crippen molar-refractivity contribution in [1.29, 1.82) is 0 Å². The molecule has 2 rings (SSSR count). The fourth-order valence-electron chi connectivity index (χ4n) is 2.47. The molecular weight excluding hydrogens is 274 g/mol. The predicted octanol–water partition coefficient (Wildman–Crippen LogP) is 1.88. The van der Waals surface area contributed by atoms with Crippen molar-refractivity contribution in [2.45, 2.75) is 39.0 Å². The van der Waals surface area contributed by atoms with Gasteiger partial charge in [-0.2, -0.15) is 0 Å². The van der Waals surface area contributed by atoms with Gasteiger partial charge in [-0.25, -0.2) is 4.98 Å². The van der Waals surface area contributed by atoms with Crippen LogP contribution in [0.2, 0.25) is 0 Å². The summed E-state index contributed by atoms with van der Waals surface area (Å²) < 4.78 is 0. The molecule has 0 unspecified atom stereocenters. The Morgan fingerprint density at radius 2 is 1.95 bits per heavy atom. The summed E-state index contributed by atoms with van der Waals surface area (Å²) in [5.41, 5.74) is 2.41. The van der Waals surface area contributed by atoms with Gasteiger partial charge in [0.2, 0.25) is 5.91 Å². The molecular formula is C14H21N3O2S. The molecule has 1 aromatic heterocycles. The molecule has 0 spiro atoms. The first-order valence-electron chi connectivity index (χ1n) is 7.14. The molecule has 1 aliphatic carbocycles. The fraction of sp³-hybridized carbons (Fsp3) is 0.643. The number of amides is 2. The molecule has 0 saturated heterocycles. The largest absolute Gasteiger partial charge is 0.354 e. The first-order chi connectivity index (χ1) is 9.68. The van der Waals surface area contributed by atoms with Crippen molar-refractivity contribution < 1.29 is 9.59 Å². The van der Waals surface area contributed by atoms with Gasteiger partial charge >= 0.3 is 0 Å². The van der Waals surface area contributed by atoms with Crippen LogP contribution in [0.15, 0.2) is 5.51 Å². The summed E-state index contributed by atoms with van der Waals surface area (Å²) >= 11 is 1.33. The van der Waals surface area contributed by atoms with Crippen LogP contribution in [-0.2, 0) is 4.79 Å². The predicted molar refractivity (Wildman–Crippen MR) is 78.8 cm³/mol. The van der Waals surface area contributed by atoms with Crippen LogP contribution in [0.4, 0.5) is 0 Å². The lowest BCUT2D eigenvalue weighted by Crippen LogP contribution is -2.38. The second kappa shape index (κ2) is 7.38. The SMILES string of the molecule is Cc1ncsc1C(=O)NCCNC(=O)C1CCCCC1. The van der Waals surface area contributed by atoms with Gasteiger partial charge in [0.25, 0.3) is 5.91 Å². The van der Waals surface area contributed by atoms with Crippen LogP contribution in [0.5, 0.6) is 0 Å². The number of aromatic nitrogens is 1. The van der Waals surface area contributed by atoms with E-state index in [1.54, 1.807) is 5.51 Å². The van der Waals surface area contributed by atoms with Gasteiger partial charge in [0.05, 0.1) is 11.2 Å². The van der Waals surface area contributed by atoms with E-state index >= 15 is 0 Å². The number of carbonyl (C=O) groups is 2. The Morgan fingerprint density at radius 1 is 1.25 bits per heavy atom. The third kappa shape index (κ3) is 4.03. The minimum absolute atomic E-state index is 0.114. The van der Waals surface area contributed by atoms with Crippen molar-refractivity contribution >= 4 is 23.2 Å². The van der Waals surface area contributed by atoms with Gasteiger partial charge < -0.3 is 10.6 Å². The summed E-state index contributed by atoms with van der Waals surface area (Å²) in [7, 11) is 0. The van der Waals surface area contributed by atoms with E-state index in [1.807, 2.05) is 6.92 Å². The van der Waals surface area contributed by atoms with Gasteiger partial charge in [-0.3, -0.25) is 9.59 Å². The van der Waals surface area contributed by atoms with Crippen LogP contribution in [0, 0.1) is 12.8 Å². The molecule has 1 fully saturated rings. The highest BCUT2D eigenvalue weighted by atomic mass is 32.1. The second-order valence-electron chi connectivity index (χ2n) is 5.15. The summed E-state index contributed by atoms with van der Waals surface area (Å²) in [6, 6.07) is 0. The molecule has 2 N–H and O–H groups in total. The van der Waals surface area contributed by atoms with Crippen molar-refractivity contribution in [1.82, 2.24) is 15.6 Å². The van der Waals surface area contributed by atoms with Crippen LogP contribution < -0.4 is 10.6 Å². The van der Waals surface area contributed by atoms with Crippen LogP contribution in [0.1, 0.15) is 47.5 Å². The summed E-state index contributed by atoms with van der Waals surface area (Å²) in [5.74, 6) is 0.188. The molecule has 1 aromatic rings. The Hall–Kier alpha value is -1.43. The van der Waals surface area contributed by atoms with E-state index in [-0.39, 0.29) is 17.7 Å². The van der Waals surface area contributed by atoms with E-state index in [0.29, 0.717) is 18.0 Å². The maximum Gasteiger partial charge on any atom is 0.263 e. The average molecular weight is 295 g/mol. The van der Waals surface area contributed by atoms with E-state index in [1.165, 1.54) is 17.8 Å². The number of thiazole rings is 1. The van der Waals surface area contributed by atoms with Gasteiger partial charge in [0, 0.05) is 19.0 Å². The monoisotopic (exact) mass is 295 g/mol. The van der Waals surface area contributed by atoms with E-state index < -0.39 is 0 Å². The van der Waals surface area contributed by atoms with Gasteiger partial charge in [0.15, 0.2) is 0 Å². The van der Waals surface area contributed by atoms with Crippen molar-refractivity contribution in [2.75, 3.05) is 13.1 Å². The number of hydrogen-bond donors (Lipinski definition) is 2. The first kappa shape index (κ1) is 15.0. The molecule has 1 heterocycles. The maximum atomic E-state index is 11.9. The van der Waals surface area contributed by atoms with E-state index in [2.05, 4.69) is 15.6 Å². The Kier molecular flexibility index (Phi) is 5.52. The highest BCUT2D eigenvalue weighted by Crippen LogP contribution is 2.23. The molecule has 0 bridgehead atoms. The third-order valence-electron chi connectivity index (χ3n) is 3.64. The number of hydrogen-bond acceptors (Lipinski definition) is 4. The standard InChI is InChI=1S/C14H21N3O2S/c1-10-12(20-9-17-10)14(19)16-8-7-15-13(18)11-5-3-2-4-6-11/h9,11H,2-8H2,1H3,(H,15,18)(H,16,19). The summed E-state index contributed by atoms with van der Waals surface area (Å²) in [6.45, 7) is 2.75. The van der Waals surface area contributed by atoms with Gasteiger partial charge in [-0.05, 0) is 19.8 Å². The average Bonchev–Trinajstić information content (AvgIpc) is 2.90. The first-order valence-corrected chi connectivity index (χ1v) is 8.02. The van der Waals surface area contributed by atoms with Crippen molar-refractivity contribution in [3.8, 4) is 0 Å². The van der Waals surface area contributed by atoms with Crippen LogP contribution >= 0.6 is 11.3 Å². The van der Waals surface area contributed by atoms with E-state index in [9.17, 15) is 9.59 Å². The molecule has 0 radical (unpaired) electrons. The number of rotatable bonds is 5. The lowest BCUT2D eigenvalue weighted by molar-refractivity contribution is -0.125. The zero-order valence-electron chi connectivity index (χ0n) is 11.8. The number of carbonyl (C=O) groups excluding carboxylic acids is 2. The Bertz CT molecular complexity index is 467. The Morgan fingerprint density at radius 3 is 2.60 bits per heavy atom. The maximum absolute atomic E-state index is 11.9. The van der Waals surface area contributed by atoms with Gasteiger partial charge in [-0.15, -0.1) is 11.3 Å². The highest BCUT2D eigenvalue weighted by Gasteiger charge is 2.20. The number of nitrogens with one attached hydrogen (secondary N) is 2.